The monoisotopic (exact) mass is 295 g/mol. The third kappa shape index (κ3) is 2.44. The first-order chi connectivity index (χ1) is 9.59. The number of phenolic OH excluding ortho intramolecular Hbond substituents is 1. The Bertz CT molecular complexity index is 583. The third-order valence-electron chi connectivity index (χ3n) is 4.62. The van der Waals surface area contributed by atoms with Gasteiger partial charge in [0.05, 0.1) is 4.90 Å². The van der Waals surface area contributed by atoms with Crippen LogP contribution in [0.4, 0.5) is 0 Å². The smallest absolute Gasteiger partial charge is 0.243 e. The van der Waals surface area contributed by atoms with Crippen LogP contribution in [-0.4, -0.2) is 30.4 Å². The fourth-order valence-corrected chi connectivity index (χ4v) is 5.45. The first-order valence-corrected chi connectivity index (χ1v) is 8.84. The number of sulfonamides is 1. The van der Waals surface area contributed by atoms with Crippen molar-refractivity contribution in [2.75, 3.05) is 6.54 Å². The van der Waals surface area contributed by atoms with E-state index >= 15 is 0 Å². The van der Waals surface area contributed by atoms with Gasteiger partial charge in [0.15, 0.2) is 0 Å². The van der Waals surface area contributed by atoms with Crippen molar-refractivity contribution in [1.29, 1.82) is 0 Å². The summed E-state index contributed by atoms with van der Waals surface area (Å²) in [6.45, 7) is 0.610. The van der Waals surface area contributed by atoms with Gasteiger partial charge in [-0.1, -0.05) is 18.9 Å². The van der Waals surface area contributed by atoms with Crippen LogP contribution in [-0.2, 0) is 10.0 Å². The van der Waals surface area contributed by atoms with Gasteiger partial charge in [0.25, 0.3) is 0 Å². The van der Waals surface area contributed by atoms with Crippen molar-refractivity contribution >= 4 is 10.0 Å². The summed E-state index contributed by atoms with van der Waals surface area (Å²) in [5, 5.41) is 9.52. The van der Waals surface area contributed by atoms with Gasteiger partial charge in [-0.3, -0.25) is 0 Å². The van der Waals surface area contributed by atoms with Gasteiger partial charge in [0.2, 0.25) is 10.0 Å². The SMILES string of the molecule is O=S(=O)(c1cccc(O)c1)N1CCC[C@H]2CCCC[C@H]21. The van der Waals surface area contributed by atoms with Gasteiger partial charge < -0.3 is 5.11 Å². The molecular weight excluding hydrogens is 274 g/mol. The first kappa shape index (κ1) is 13.9. The van der Waals surface area contributed by atoms with Gasteiger partial charge in [-0.2, -0.15) is 4.31 Å². The predicted molar refractivity (Wildman–Crippen MR) is 77.0 cm³/mol. The van der Waals surface area contributed by atoms with Crippen molar-refractivity contribution in [2.45, 2.75) is 49.5 Å². The summed E-state index contributed by atoms with van der Waals surface area (Å²) < 4.78 is 27.3. The highest BCUT2D eigenvalue weighted by Crippen LogP contribution is 2.38. The Balaban J connectivity index is 1.93. The third-order valence-corrected chi connectivity index (χ3v) is 6.54. The molecule has 1 heterocycles. The molecule has 2 fully saturated rings. The molecule has 1 aliphatic carbocycles. The van der Waals surface area contributed by atoms with E-state index in [9.17, 15) is 13.5 Å². The molecule has 0 aromatic heterocycles. The molecule has 0 amide bonds. The predicted octanol–water partition coefficient (Wildman–Crippen LogP) is 2.74. The summed E-state index contributed by atoms with van der Waals surface area (Å²) in [4.78, 5) is 0.212. The zero-order valence-corrected chi connectivity index (χ0v) is 12.3. The summed E-state index contributed by atoms with van der Waals surface area (Å²) in [6, 6.07) is 6.16. The Morgan fingerprint density at radius 2 is 1.85 bits per heavy atom. The first-order valence-electron chi connectivity index (χ1n) is 7.40. The summed E-state index contributed by atoms with van der Waals surface area (Å²) in [6.07, 6.45) is 6.56. The standard InChI is InChI=1S/C15H21NO3S/c17-13-7-3-8-14(11-13)20(18,19)16-10-4-6-12-5-1-2-9-15(12)16/h3,7-8,11-12,15,17H,1-2,4-6,9-10H2/t12-,15-/m1/s1. The van der Waals surface area contributed by atoms with Crippen LogP contribution < -0.4 is 0 Å². The van der Waals surface area contributed by atoms with Crippen LogP contribution >= 0.6 is 0 Å². The minimum absolute atomic E-state index is 0.00304. The Kier molecular flexibility index (Phi) is 3.73. The maximum Gasteiger partial charge on any atom is 0.243 e. The molecule has 20 heavy (non-hydrogen) atoms. The zero-order valence-electron chi connectivity index (χ0n) is 11.5. The average molecular weight is 295 g/mol. The molecule has 1 aromatic carbocycles. The van der Waals surface area contributed by atoms with E-state index in [4.69, 9.17) is 0 Å². The van der Waals surface area contributed by atoms with E-state index in [1.807, 2.05) is 0 Å². The number of piperidine rings is 1. The van der Waals surface area contributed by atoms with E-state index in [1.54, 1.807) is 16.4 Å². The molecule has 2 aliphatic rings. The Hall–Kier alpha value is -1.07. The normalized spacial score (nSPS) is 28.0. The second kappa shape index (κ2) is 5.37. The van der Waals surface area contributed by atoms with Crippen molar-refractivity contribution in [3.63, 3.8) is 0 Å². The molecule has 1 saturated carbocycles. The van der Waals surface area contributed by atoms with Gasteiger partial charge in [-0.05, 0) is 49.8 Å². The molecule has 1 saturated heterocycles. The molecule has 0 unspecified atom stereocenters. The Morgan fingerprint density at radius 1 is 1.10 bits per heavy atom. The molecule has 2 atom stereocenters. The zero-order chi connectivity index (χ0) is 14.2. The van der Waals surface area contributed by atoms with Crippen molar-refractivity contribution in [2.24, 2.45) is 5.92 Å². The molecule has 110 valence electrons. The van der Waals surface area contributed by atoms with Gasteiger partial charge in [-0.25, -0.2) is 8.42 Å². The maximum atomic E-state index is 12.8. The lowest BCUT2D eigenvalue weighted by Gasteiger charge is -2.43. The number of fused-ring (bicyclic) bond motifs is 1. The second-order valence-electron chi connectivity index (χ2n) is 5.87. The van der Waals surface area contributed by atoms with Crippen LogP contribution in [0.1, 0.15) is 38.5 Å². The van der Waals surface area contributed by atoms with Gasteiger partial charge in [0.1, 0.15) is 5.75 Å². The number of hydrogen-bond donors (Lipinski definition) is 1. The molecule has 0 bridgehead atoms. The highest BCUT2D eigenvalue weighted by molar-refractivity contribution is 7.89. The lowest BCUT2D eigenvalue weighted by molar-refractivity contribution is 0.129. The van der Waals surface area contributed by atoms with E-state index in [0.717, 1.165) is 32.1 Å². The quantitative estimate of drug-likeness (QED) is 0.912. The van der Waals surface area contributed by atoms with E-state index in [-0.39, 0.29) is 16.7 Å². The fraction of sp³-hybridized carbons (Fsp3) is 0.600. The molecule has 1 N–H and O–H groups in total. The molecule has 3 rings (SSSR count). The highest BCUT2D eigenvalue weighted by Gasteiger charge is 2.39. The molecule has 0 spiro atoms. The van der Waals surface area contributed by atoms with E-state index in [1.165, 1.54) is 18.6 Å². The molecule has 1 aliphatic heterocycles. The van der Waals surface area contributed by atoms with Gasteiger partial charge in [-0.15, -0.1) is 0 Å². The largest absolute Gasteiger partial charge is 0.508 e. The van der Waals surface area contributed by atoms with Crippen molar-refractivity contribution in [3.8, 4) is 5.75 Å². The topological polar surface area (TPSA) is 57.6 Å². The van der Waals surface area contributed by atoms with Crippen LogP contribution in [0.15, 0.2) is 29.2 Å². The van der Waals surface area contributed by atoms with Crippen molar-refractivity contribution in [1.82, 2.24) is 4.31 Å². The number of hydrogen-bond acceptors (Lipinski definition) is 3. The van der Waals surface area contributed by atoms with Crippen LogP contribution in [0, 0.1) is 5.92 Å². The van der Waals surface area contributed by atoms with E-state index < -0.39 is 10.0 Å². The number of aromatic hydroxyl groups is 1. The van der Waals surface area contributed by atoms with Crippen LogP contribution in [0.5, 0.6) is 5.75 Å². The van der Waals surface area contributed by atoms with Gasteiger partial charge in [0, 0.05) is 12.6 Å². The number of nitrogens with zero attached hydrogens (tertiary/aromatic N) is 1. The van der Waals surface area contributed by atoms with Crippen molar-refractivity contribution in [3.05, 3.63) is 24.3 Å². The molecule has 5 heteroatoms. The Morgan fingerprint density at radius 3 is 2.65 bits per heavy atom. The lowest BCUT2D eigenvalue weighted by Crippen LogP contribution is -2.49. The van der Waals surface area contributed by atoms with E-state index in [0.29, 0.717) is 12.5 Å². The van der Waals surface area contributed by atoms with E-state index in [2.05, 4.69) is 0 Å². The minimum Gasteiger partial charge on any atom is -0.508 e. The fourth-order valence-electron chi connectivity index (χ4n) is 3.66. The van der Waals surface area contributed by atoms with Crippen LogP contribution in [0.3, 0.4) is 0 Å². The number of rotatable bonds is 2. The van der Waals surface area contributed by atoms with Crippen LogP contribution in [0.25, 0.3) is 0 Å². The van der Waals surface area contributed by atoms with Gasteiger partial charge >= 0.3 is 0 Å². The summed E-state index contributed by atoms with van der Waals surface area (Å²) in [7, 11) is -3.48. The molecule has 0 radical (unpaired) electrons. The molecular formula is C15H21NO3S. The average Bonchev–Trinajstić information content (AvgIpc) is 2.46. The van der Waals surface area contributed by atoms with Crippen molar-refractivity contribution < 1.29 is 13.5 Å². The molecule has 1 aromatic rings. The Labute approximate surface area is 120 Å². The summed E-state index contributed by atoms with van der Waals surface area (Å²) in [5.74, 6) is 0.521. The summed E-state index contributed by atoms with van der Waals surface area (Å²) >= 11 is 0. The summed E-state index contributed by atoms with van der Waals surface area (Å²) in [5.41, 5.74) is 0. The second-order valence-corrected chi connectivity index (χ2v) is 7.76. The minimum atomic E-state index is -3.48. The maximum absolute atomic E-state index is 12.8. The lowest BCUT2D eigenvalue weighted by atomic mass is 9.79. The van der Waals surface area contributed by atoms with Crippen LogP contribution in [0.2, 0.25) is 0 Å². The highest BCUT2D eigenvalue weighted by atomic mass is 32.2. The number of phenols is 1. The molecule has 4 nitrogen and oxygen atoms in total. The number of benzene rings is 1.